The van der Waals surface area contributed by atoms with E-state index >= 15 is 0 Å². The summed E-state index contributed by atoms with van der Waals surface area (Å²) in [5.41, 5.74) is 6.92. The van der Waals surface area contributed by atoms with Gasteiger partial charge in [0.05, 0.1) is 19.8 Å². The van der Waals surface area contributed by atoms with Gasteiger partial charge in [0.1, 0.15) is 0 Å². The van der Waals surface area contributed by atoms with E-state index in [0.717, 1.165) is 50.9 Å². The average Bonchev–Trinajstić information content (AvgIpc) is 2.87. The molecule has 9 nitrogen and oxygen atoms in total. The van der Waals surface area contributed by atoms with Crippen molar-refractivity contribution in [3.05, 3.63) is 34.9 Å². The van der Waals surface area contributed by atoms with Crippen LogP contribution < -0.4 is 16.4 Å². The van der Waals surface area contributed by atoms with E-state index in [1.807, 2.05) is 29.2 Å². The number of carbonyl (C=O) groups is 2. The lowest BCUT2D eigenvalue weighted by Gasteiger charge is -2.45. The molecular formula is C26H41ClN4O5. The third kappa shape index (κ3) is 8.50. The van der Waals surface area contributed by atoms with Crippen LogP contribution in [0.1, 0.15) is 50.7 Å². The van der Waals surface area contributed by atoms with Gasteiger partial charge in [-0.05, 0) is 55.7 Å². The number of likely N-dealkylation sites (tertiary alicyclic amines) is 1. The van der Waals surface area contributed by atoms with Gasteiger partial charge in [-0.3, -0.25) is 0 Å². The first-order valence-corrected chi connectivity index (χ1v) is 13.2. The van der Waals surface area contributed by atoms with Crippen molar-refractivity contribution in [2.45, 2.75) is 51.2 Å². The molecule has 4 N–H and O–H groups in total. The van der Waals surface area contributed by atoms with Crippen molar-refractivity contribution in [2.24, 2.45) is 17.1 Å². The van der Waals surface area contributed by atoms with Crippen LogP contribution in [0, 0.1) is 11.3 Å². The Kier molecular flexibility index (Phi) is 11.1. The number of hydrogen-bond donors (Lipinski definition) is 3. The molecule has 0 radical (unpaired) electrons. The summed E-state index contributed by atoms with van der Waals surface area (Å²) in [7, 11) is 1.32. The number of nitrogens with two attached hydrogens (primary N) is 1. The number of benzene rings is 1. The first-order chi connectivity index (χ1) is 17.3. The predicted octanol–water partition coefficient (Wildman–Crippen LogP) is 3.71. The number of methoxy groups -OCH3 is 1. The molecule has 2 aliphatic heterocycles. The van der Waals surface area contributed by atoms with Crippen molar-refractivity contribution < 1.29 is 23.8 Å². The molecular weight excluding hydrogens is 484 g/mol. The van der Waals surface area contributed by atoms with E-state index in [0.29, 0.717) is 43.7 Å². The smallest absolute Gasteiger partial charge is 0.406 e. The fraction of sp³-hybridized carbons (Fsp3) is 0.692. The molecule has 1 aromatic carbocycles. The van der Waals surface area contributed by atoms with Crippen LogP contribution in [-0.2, 0) is 14.2 Å². The summed E-state index contributed by atoms with van der Waals surface area (Å²) < 4.78 is 16.5. The molecule has 0 saturated carbocycles. The molecule has 202 valence electrons. The van der Waals surface area contributed by atoms with E-state index in [1.165, 1.54) is 7.11 Å². The second kappa shape index (κ2) is 14.0. The average molecular weight is 525 g/mol. The zero-order chi connectivity index (χ0) is 26.0. The monoisotopic (exact) mass is 524 g/mol. The largest absolute Gasteiger partial charge is 0.453 e. The van der Waals surface area contributed by atoms with Gasteiger partial charge in [0.2, 0.25) is 0 Å². The van der Waals surface area contributed by atoms with Gasteiger partial charge in [-0.1, -0.05) is 30.7 Å². The molecule has 10 heteroatoms. The SMILES string of the molecule is COC(=O)NCCO[C@@H](c1cccc(Cl)c1)[C@]1(C)CCCN(C(=O)NC[C@@H](N)C[C@H]2CCCOC2)C1. The van der Waals surface area contributed by atoms with Gasteiger partial charge in [0.25, 0.3) is 0 Å². The van der Waals surface area contributed by atoms with Gasteiger partial charge in [-0.25, -0.2) is 9.59 Å². The number of hydrogen-bond acceptors (Lipinski definition) is 6. The highest BCUT2D eigenvalue weighted by atomic mass is 35.5. The van der Waals surface area contributed by atoms with Crippen molar-refractivity contribution in [3.63, 3.8) is 0 Å². The number of halogens is 1. The fourth-order valence-corrected chi connectivity index (χ4v) is 5.46. The lowest BCUT2D eigenvalue weighted by Crippen LogP contribution is -2.52. The van der Waals surface area contributed by atoms with Crippen LogP contribution in [0.15, 0.2) is 24.3 Å². The number of nitrogens with zero attached hydrogens (tertiary/aromatic N) is 1. The molecule has 0 spiro atoms. The Morgan fingerprint density at radius 2 is 2.17 bits per heavy atom. The summed E-state index contributed by atoms with van der Waals surface area (Å²) in [6, 6.07) is 7.42. The van der Waals surface area contributed by atoms with E-state index in [-0.39, 0.29) is 23.6 Å². The third-order valence-electron chi connectivity index (χ3n) is 7.05. The van der Waals surface area contributed by atoms with Gasteiger partial charge >= 0.3 is 12.1 Å². The van der Waals surface area contributed by atoms with E-state index in [4.69, 9.17) is 26.8 Å². The summed E-state index contributed by atoms with van der Waals surface area (Å²) in [4.78, 5) is 26.3. The lowest BCUT2D eigenvalue weighted by atomic mass is 9.74. The summed E-state index contributed by atoms with van der Waals surface area (Å²) >= 11 is 6.29. The molecule has 3 amide bonds. The molecule has 0 bridgehead atoms. The first-order valence-electron chi connectivity index (χ1n) is 12.9. The van der Waals surface area contributed by atoms with E-state index in [9.17, 15) is 9.59 Å². The Labute approximate surface area is 219 Å². The Balaban J connectivity index is 1.60. The normalized spacial score (nSPS) is 24.0. The number of rotatable bonds is 10. The highest BCUT2D eigenvalue weighted by Gasteiger charge is 2.41. The van der Waals surface area contributed by atoms with Crippen molar-refractivity contribution in [1.82, 2.24) is 15.5 Å². The maximum Gasteiger partial charge on any atom is 0.406 e. The van der Waals surface area contributed by atoms with E-state index < -0.39 is 6.09 Å². The van der Waals surface area contributed by atoms with Crippen LogP contribution in [0.25, 0.3) is 0 Å². The van der Waals surface area contributed by atoms with Gasteiger partial charge in [0, 0.05) is 55.9 Å². The lowest BCUT2D eigenvalue weighted by molar-refractivity contribution is -0.0611. The van der Waals surface area contributed by atoms with Crippen LogP contribution in [0.4, 0.5) is 9.59 Å². The molecule has 2 saturated heterocycles. The number of urea groups is 1. The molecule has 36 heavy (non-hydrogen) atoms. The number of piperidine rings is 1. The molecule has 3 rings (SSSR count). The highest BCUT2D eigenvalue weighted by Crippen LogP contribution is 2.44. The van der Waals surface area contributed by atoms with Gasteiger partial charge < -0.3 is 35.5 Å². The minimum atomic E-state index is -0.501. The van der Waals surface area contributed by atoms with Crippen LogP contribution in [0.5, 0.6) is 0 Å². The minimum Gasteiger partial charge on any atom is -0.453 e. The predicted molar refractivity (Wildman–Crippen MR) is 139 cm³/mol. The van der Waals surface area contributed by atoms with Crippen LogP contribution >= 0.6 is 11.6 Å². The maximum absolute atomic E-state index is 13.1. The zero-order valence-corrected chi connectivity index (χ0v) is 22.2. The Bertz CT molecular complexity index is 853. The van der Waals surface area contributed by atoms with Gasteiger partial charge in [-0.15, -0.1) is 0 Å². The van der Waals surface area contributed by atoms with Crippen molar-refractivity contribution in [2.75, 3.05) is 53.1 Å². The quantitative estimate of drug-likeness (QED) is 0.402. The van der Waals surface area contributed by atoms with E-state index in [1.54, 1.807) is 0 Å². The number of nitrogens with one attached hydrogen (secondary N) is 2. The molecule has 2 fully saturated rings. The topological polar surface area (TPSA) is 115 Å². The maximum atomic E-state index is 13.1. The number of ether oxygens (including phenoxy) is 3. The van der Waals surface area contributed by atoms with Crippen LogP contribution in [0.3, 0.4) is 0 Å². The fourth-order valence-electron chi connectivity index (χ4n) is 5.26. The number of carbonyl (C=O) groups excluding carboxylic acids is 2. The van der Waals surface area contributed by atoms with Crippen molar-refractivity contribution >= 4 is 23.7 Å². The molecule has 2 aliphatic rings. The Morgan fingerprint density at radius 3 is 2.89 bits per heavy atom. The molecule has 2 heterocycles. The van der Waals surface area contributed by atoms with Crippen molar-refractivity contribution in [3.8, 4) is 0 Å². The summed E-state index contributed by atoms with van der Waals surface area (Å²) in [5.74, 6) is 0.466. The molecule has 0 unspecified atom stereocenters. The second-order valence-electron chi connectivity index (χ2n) is 10.2. The van der Waals surface area contributed by atoms with Crippen molar-refractivity contribution in [1.29, 1.82) is 0 Å². The standard InChI is InChI=1S/C26H41ClN4O5/c1-26(23(20-7-3-8-21(27)15-20)36-13-10-29-25(33)34-2)9-5-11-31(18-26)24(32)30-16-22(28)14-19-6-4-12-35-17-19/h3,7-8,15,19,22-23H,4-6,9-14,16-18,28H2,1-2H3,(H,29,33)(H,30,32)/t19-,22+,23+,26-/m1/s1. The summed E-state index contributed by atoms with van der Waals surface area (Å²) in [6.07, 6.45) is 3.99. The summed E-state index contributed by atoms with van der Waals surface area (Å²) in [5, 5.41) is 6.30. The van der Waals surface area contributed by atoms with Crippen LogP contribution in [0.2, 0.25) is 5.02 Å². The number of alkyl carbamates (subject to hydrolysis) is 1. The molecule has 4 atom stereocenters. The minimum absolute atomic E-state index is 0.0957. The third-order valence-corrected chi connectivity index (χ3v) is 7.28. The zero-order valence-electron chi connectivity index (χ0n) is 21.5. The Morgan fingerprint density at radius 1 is 1.33 bits per heavy atom. The number of amides is 3. The first kappa shape index (κ1) is 28.5. The van der Waals surface area contributed by atoms with E-state index in [2.05, 4.69) is 22.3 Å². The Hall–Kier alpha value is -2.07. The molecule has 0 aromatic heterocycles. The molecule has 1 aromatic rings. The van der Waals surface area contributed by atoms with Gasteiger partial charge in [-0.2, -0.15) is 0 Å². The molecule has 0 aliphatic carbocycles. The second-order valence-corrected chi connectivity index (χ2v) is 10.6. The van der Waals surface area contributed by atoms with Gasteiger partial charge in [0.15, 0.2) is 0 Å². The summed E-state index contributed by atoms with van der Waals surface area (Å²) in [6.45, 7) is 5.99. The van der Waals surface area contributed by atoms with Crippen LogP contribution in [-0.4, -0.2) is 76.2 Å². The highest BCUT2D eigenvalue weighted by molar-refractivity contribution is 6.30.